The molecule has 4 N–H and O–H groups in total. The highest BCUT2D eigenvalue weighted by molar-refractivity contribution is 5.67. The molecule has 8 nitrogen and oxygen atoms in total. The number of carbonyl (C=O) groups excluding carboxylic acids is 2. The maximum atomic E-state index is 12.0. The predicted octanol–water partition coefficient (Wildman–Crippen LogP) is 3.66. The van der Waals surface area contributed by atoms with Crippen LogP contribution >= 0.6 is 0 Å². The van der Waals surface area contributed by atoms with Crippen LogP contribution in [0.25, 0.3) is 0 Å². The largest absolute Gasteiger partial charge is 0.448 e. The topological polar surface area (TPSA) is 101 Å². The Balaban J connectivity index is 1.51. The van der Waals surface area contributed by atoms with E-state index >= 15 is 0 Å². The molecule has 2 aromatic carbocycles. The minimum Gasteiger partial charge on any atom is -0.448 e. The zero-order valence-electron chi connectivity index (χ0n) is 21.6. The Labute approximate surface area is 215 Å². The Hall–Kier alpha value is -3.10. The van der Waals surface area contributed by atoms with Gasteiger partial charge >= 0.3 is 12.2 Å². The Morgan fingerprint density at radius 3 is 1.39 bits per heavy atom. The molecule has 36 heavy (non-hydrogen) atoms. The highest BCUT2D eigenvalue weighted by Crippen LogP contribution is 2.00. The lowest BCUT2D eigenvalue weighted by Gasteiger charge is -2.20. The molecule has 2 atom stereocenters. The van der Waals surface area contributed by atoms with E-state index in [0.29, 0.717) is 26.3 Å². The van der Waals surface area contributed by atoms with Gasteiger partial charge in [0.05, 0.1) is 0 Å². The maximum Gasteiger partial charge on any atom is 0.407 e. The first-order valence-corrected chi connectivity index (χ1v) is 13.0. The monoisotopic (exact) mass is 498 g/mol. The number of nitrogens with one attached hydrogen (secondary N) is 4. The zero-order chi connectivity index (χ0) is 25.8. The molecular weight excluding hydrogens is 456 g/mol. The van der Waals surface area contributed by atoms with Crippen molar-refractivity contribution in [1.82, 2.24) is 21.3 Å². The fourth-order valence-electron chi connectivity index (χ4n) is 3.56. The molecule has 8 heteroatoms. The molecule has 2 amide bonds. The van der Waals surface area contributed by atoms with Crippen molar-refractivity contribution in [2.24, 2.45) is 0 Å². The van der Waals surface area contributed by atoms with Gasteiger partial charge in [0, 0.05) is 38.3 Å². The van der Waals surface area contributed by atoms with Gasteiger partial charge in [0.15, 0.2) is 0 Å². The summed E-state index contributed by atoms with van der Waals surface area (Å²) in [5.74, 6) is 0. The van der Waals surface area contributed by atoms with Crippen molar-refractivity contribution >= 4 is 12.2 Å². The van der Waals surface area contributed by atoms with E-state index in [-0.39, 0.29) is 12.1 Å². The van der Waals surface area contributed by atoms with Crippen LogP contribution < -0.4 is 21.3 Å². The summed E-state index contributed by atoms with van der Waals surface area (Å²) in [7, 11) is 0. The SMILES string of the molecule is CCC(COC(=O)NCCc1ccccc1)NCCNC(CC)COC(=O)NCCc1ccccc1. The van der Waals surface area contributed by atoms with E-state index < -0.39 is 12.2 Å². The van der Waals surface area contributed by atoms with Crippen LogP contribution in [0.4, 0.5) is 9.59 Å². The van der Waals surface area contributed by atoms with E-state index in [1.165, 1.54) is 11.1 Å². The van der Waals surface area contributed by atoms with Crippen LogP contribution in [0.5, 0.6) is 0 Å². The third-order valence-corrected chi connectivity index (χ3v) is 5.86. The number of hydrogen-bond acceptors (Lipinski definition) is 6. The first-order valence-electron chi connectivity index (χ1n) is 13.0. The Morgan fingerprint density at radius 2 is 1.03 bits per heavy atom. The van der Waals surface area contributed by atoms with Gasteiger partial charge in [0.2, 0.25) is 0 Å². The lowest BCUT2D eigenvalue weighted by atomic mass is 10.1. The van der Waals surface area contributed by atoms with E-state index in [9.17, 15) is 9.59 Å². The molecule has 0 bridgehead atoms. The summed E-state index contributed by atoms with van der Waals surface area (Å²) in [5.41, 5.74) is 2.36. The second-order valence-corrected chi connectivity index (χ2v) is 8.64. The van der Waals surface area contributed by atoms with Gasteiger partial charge in [0.25, 0.3) is 0 Å². The molecule has 0 aliphatic carbocycles. The standard InChI is InChI=1S/C28H42N4O4/c1-3-25(21-35-27(33)31-17-15-23-11-7-5-8-12-23)29-19-20-30-26(4-2)22-36-28(34)32-18-16-24-13-9-6-10-14-24/h5-14,25-26,29-30H,3-4,15-22H2,1-2H3,(H,31,33)(H,32,34). The molecule has 0 fully saturated rings. The summed E-state index contributed by atoms with van der Waals surface area (Å²) in [6.45, 7) is 7.27. The normalized spacial score (nSPS) is 12.4. The molecule has 0 saturated heterocycles. The van der Waals surface area contributed by atoms with Crippen LogP contribution in [-0.2, 0) is 22.3 Å². The van der Waals surface area contributed by atoms with Crippen molar-refractivity contribution in [3.05, 3.63) is 71.8 Å². The number of benzene rings is 2. The number of hydrogen-bond donors (Lipinski definition) is 4. The molecule has 0 aliphatic rings. The van der Waals surface area contributed by atoms with E-state index in [1.807, 2.05) is 60.7 Å². The number of rotatable bonds is 17. The third kappa shape index (κ3) is 13.1. The van der Waals surface area contributed by atoms with Gasteiger partial charge in [-0.2, -0.15) is 0 Å². The third-order valence-electron chi connectivity index (χ3n) is 5.86. The molecule has 0 spiro atoms. The van der Waals surface area contributed by atoms with E-state index in [1.54, 1.807) is 0 Å². The second kappa shape index (κ2) is 18.2. The number of ether oxygens (including phenoxy) is 2. The quantitative estimate of drug-likeness (QED) is 0.248. The molecule has 0 heterocycles. The van der Waals surface area contributed by atoms with Crippen molar-refractivity contribution in [2.45, 2.75) is 51.6 Å². The van der Waals surface area contributed by atoms with Crippen molar-refractivity contribution in [1.29, 1.82) is 0 Å². The van der Waals surface area contributed by atoms with Crippen LogP contribution in [-0.4, -0.2) is 63.7 Å². The van der Waals surface area contributed by atoms with E-state index in [2.05, 4.69) is 35.1 Å². The van der Waals surface area contributed by atoms with Crippen molar-refractivity contribution in [3.8, 4) is 0 Å². The summed E-state index contributed by atoms with van der Waals surface area (Å²) in [6, 6.07) is 20.2. The minimum absolute atomic E-state index is 0.0818. The van der Waals surface area contributed by atoms with Crippen molar-refractivity contribution < 1.29 is 19.1 Å². The summed E-state index contributed by atoms with van der Waals surface area (Å²) in [4.78, 5) is 23.9. The first kappa shape index (κ1) is 29.1. The van der Waals surface area contributed by atoms with Crippen molar-refractivity contribution in [2.75, 3.05) is 39.4 Å². The van der Waals surface area contributed by atoms with Gasteiger partial charge in [0.1, 0.15) is 13.2 Å². The average molecular weight is 499 g/mol. The summed E-state index contributed by atoms with van der Waals surface area (Å²) >= 11 is 0. The first-order chi connectivity index (χ1) is 17.6. The number of amides is 2. The average Bonchev–Trinajstić information content (AvgIpc) is 2.91. The molecule has 2 unspecified atom stereocenters. The molecule has 198 valence electrons. The van der Waals surface area contributed by atoms with Gasteiger partial charge < -0.3 is 30.7 Å². The molecule has 0 saturated carbocycles. The van der Waals surface area contributed by atoms with Crippen LogP contribution in [0, 0.1) is 0 Å². The van der Waals surface area contributed by atoms with Crippen LogP contribution in [0.3, 0.4) is 0 Å². The number of carbonyl (C=O) groups is 2. The fraction of sp³-hybridized carbons (Fsp3) is 0.500. The summed E-state index contributed by atoms with van der Waals surface area (Å²) in [5, 5.41) is 12.4. The van der Waals surface area contributed by atoms with E-state index in [4.69, 9.17) is 9.47 Å². The van der Waals surface area contributed by atoms with Gasteiger partial charge in [-0.15, -0.1) is 0 Å². The molecule has 2 rings (SSSR count). The summed E-state index contributed by atoms with van der Waals surface area (Å²) < 4.78 is 10.7. The zero-order valence-corrected chi connectivity index (χ0v) is 21.6. The highest BCUT2D eigenvalue weighted by atomic mass is 16.6. The van der Waals surface area contributed by atoms with E-state index in [0.717, 1.165) is 38.8 Å². The van der Waals surface area contributed by atoms with Gasteiger partial charge in [-0.05, 0) is 36.8 Å². The van der Waals surface area contributed by atoms with Crippen LogP contribution in [0.2, 0.25) is 0 Å². The molecule has 0 radical (unpaired) electrons. The fourth-order valence-corrected chi connectivity index (χ4v) is 3.56. The lowest BCUT2D eigenvalue weighted by molar-refractivity contribution is 0.129. The summed E-state index contributed by atoms with van der Waals surface area (Å²) in [6.07, 6.45) is 2.45. The van der Waals surface area contributed by atoms with Crippen LogP contribution in [0.15, 0.2) is 60.7 Å². The molecule has 0 aliphatic heterocycles. The van der Waals surface area contributed by atoms with Crippen molar-refractivity contribution in [3.63, 3.8) is 0 Å². The molecule has 0 aromatic heterocycles. The second-order valence-electron chi connectivity index (χ2n) is 8.64. The Bertz CT molecular complexity index is 780. The Morgan fingerprint density at radius 1 is 0.639 bits per heavy atom. The lowest BCUT2D eigenvalue weighted by Crippen LogP contribution is -2.43. The van der Waals surface area contributed by atoms with Gasteiger partial charge in [-0.25, -0.2) is 9.59 Å². The Kier molecular flexibility index (Phi) is 14.7. The number of alkyl carbamates (subject to hydrolysis) is 2. The van der Waals surface area contributed by atoms with Gasteiger partial charge in [-0.1, -0.05) is 74.5 Å². The molecular formula is C28H42N4O4. The van der Waals surface area contributed by atoms with Gasteiger partial charge in [-0.3, -0.25) is 0 Å². The highest BCUT2D eigenvalue weighted by Gasteiger charge is 2.12. The maximum absolute atomic E-state index is 12.0. The molecule has 2 aromatic rings. The smallest absolute Gasteiger partial charge is 0.407 e. The van der Waals surface area contributed by atoms with Crippen LogP contribution in [0.1, 0.15) is 37.8 Å². The minimum atomic E-state index is -0.394. The predicted molar refractivity (Wildman–Crippen MR) is 143 cm³/mol.